The van der Waals surface area contributed by atoms with Gasteiger partial charge >= 0.3 is 0 Å². The van der Waals surface area contributed by atoms with Gasteiger partial charge in [-0.1, -0.05) is 78.9 Å². The fraction of sp³-hybridized carbons (Fsp3) is 0.0476. The maximum Gasteiger partial charge on any atom is 0.142 e. The van der Waals surface area contributed by atoms with Crippen molar-refractivity contribution in [1.29, 1.82) is 0 Å². The minimum atomic E-state index is -0.0141. The molecule has 0 fully saturated rings. The standard InChI is InChI=1S/C21H16O/c1-2-6-16(7-3-1)17-10-12-19(13-11-17)21-15-14-18-8-4-5-9-20(18)22-21/h1-15,21H. The Kier molecular flexibility index (Phi) is 3.24. The van der Waals surface area contributed by atoms with Crippen LogP contribution in [-0.4, -0.2) is 0 Å². The molecule has 1 atom stereocenters. The Morgan fingerprint density at radius 2 is 1.32 bits per heavy atom. The predicted octanol–water partition coefficient (Wildman–Crippen LogP) is 5.50. The van der Waals surface area contributed by atoms with Crippen molar-refractivity contribution in [3.63, 3.8) is 0 Å². The van der Waals surface area contributed by atoms with Crippen molar-refractivity contribution in [3.05, 3.63) is 96.1 Å². The van der Waals surface area contributed by atoms with Crippen LogP contribution in [-0.2, 0) is 0 Å². The smallest absolute Gasteiger partial charge is 0.142 e. The highest BCUT2D eigenvalue weighted by Crippen LogP contribution is 2.33. The summed E-state index contributed by atoms with van der Waals surface area (Å²) in [6.45, 7) is 0. The summed E-state index contributed by atoms with van der Waals surface area (Å²) in [4.78, 5) is 0. The Bertz CT molecular complexity index is 801. The first-order valence-electron chi connectivity index (χ1n) is 7.49. The summed E-state index contributed by atoms with van der Waals surface area (Å²) in [7, 11) is 0. The fourth-order valence-electron chi connectivity index (χ4n) is 2.77. The van der Waals surface area contributed by atoms with E-state index in [-0.39, 0.29) is 6.10 Å². The van der Waals surface area contributed by atoms with Crippen molar-refractivity contribution < 1.29 is 4.74 Å². The SMILES string of the molecule is C1=CC(c2ccc(-c3ccccc3)cc2)Oc2ccccc21. The van der Waals surface area contributed by atoms with Gasteiger partial charge in [-0.2, -0.15) is 0 Å². The largest absolute Gasteiger partial charge is 0.481 e. The van der Waals surface area contributed by atoms with Gasteiger partial charge in [-0.3, -0.25) is 0 Å². The highest BCUT2D eigenvalue weighted by Gasteiger charge is 2.15. The van der Waals surface area contributed by atoms with E-state index in [0.29, 0.717) is 0 Å². The summed E-state index contributed by atoms with van der Waals surface area (Å²) < 4.78 is 6.08. The number of para-hydroxylation sites is 1. The van der Waals surface area contributed by atoms with Gasteiger partial charge in [-0.05, 0) is 28.8 Å². The van der Waals surface area contributed by atoms with Gasteiger partial charge in [0, 0.05) is 5.56 Å². The molecule has 0 spiro atoms. The van der Waals surface area contributed by atoms with Crippen molar-refractivity contribution in [2.45, 2.75) is 6.10 Å². The van der Waals surface area contributed by atoms with E-state index in [1.165, 1.54) is 16.7 Å². The number of hydrogen-bond donors (Lipinski definition) is 0. The number of hydrogen-bond acceptors (Lipinski definition) is 1. The number of benzene rings is 3. The second kappa shape index (κ2) is 5.53. The van der Waals surface area contributed by atoms with Gasteiger partial charge in [0.15, 0.2) is 0 Å². The first-order valence-corrected chi connectivity index (χ1v) is 7.49. The molecule has 0 saturated heterocycles. The van der Waals surface area contributed by atoms with Gasteiger partial charge in [0.1, 0.15) is 11.9 Å². The minimum absolute atomic E-state index is 0.0141. The number of ether oxygens (including phenoxy) is 1. The molecular formula is C21H16O. The minimum Gasteiger partial charge on any atom is -0.481 e. The molecule has 0 aromatic heterocycles. The quantitative estimate of drug-likeness (QED) is 0.603. The lowest BCUT2D eigenvalue weighted by molar-refractivity contribution is 0.252. The van der Waals surface area contributed by atoms with Crippen molar-refractivity contribution in [3.8, 4) is 16.9 Å². The molecule has 0 radical (unpaired) electrons. The van der Waals surface area contributed by atoms with Crippen LogP contribution in [0.15, 0.2) is 84.9 Å². The predicted molar refractivity (Wildman–Crippen MR) is 90.7 cm³/mol. The molecule has 1 unspecified atom stereocenters. The zero-order chi connectivity index (χ0) is 14.8. The van der Waals surface area contributed by atoms with Crippen LogP contribution >= 0.6 is 0 Å². The Balaban J connectivity index is 1.60. The summed E-state index contributed by atoms with van der Waals surface area (Å²) in [5, 5.41) is 0. The molecule has 0 bridgehead atoms. The topological polar surface area (TPSA) is 9.23 Å². The average molecular weight is 284 g/mol. The number of rotatable bonds is 2. The molecule has 0 aliphatic carbocycles. The summed E-state index contributed by atoms with van der Waals surface area (Å²) >= 11 is 0. The molecule has 1 heterocycles. The van der Waals surface area contributed by atoms with Gasteiger partial charge < -0.3 is 4.74 Å². The summed E-state index contributed by atoms with van der Waals surface area (Å²) in [6, 6.07) is 27.1. The molecule has 1 heteroatoms. The fourth-order valence-corrected chi connectivity index (χ4v) is 2.77. The van der Waals surface area contributed by atoms with Gasteiger partial charge in [0.05, 0.1) is 0 Å². The lowest BCUT2D eigenvalue weighted by atomic mass is 10.00. The van der Waals surface area contributed by atoms with E-state index in [1.807, 2.05) is 24.3 Å². The van der Waals surface area contributed by atoms with Crippen LogP contribution in [0.25, 0.3) is 17.2 Å². The van der Waals surface area contributed by atoms with E-state index in [4.69, 9.17) is 4.74 Å². The molecule has 3 aromatic rings. The summed E-state index contributed by atoms with van der Waals surface area (Å²) in [6.07, 6.45) is 4.23. The van der Waals surface area contributed by atoms with Gasteiger partial charge in [-0.25, -0.2) is 0 Å². The van der Waals surface area contributed by atoms with E-state index < -0.39 is 0 Å². The Labute approximate surface area is 130 Å². The Morgan fingerprint density at radius 1 is 0.636 bits per heavy atom. The van der Waals surface area contributed by atoms with Crippen molar-refractivity contribution in [2.75, 3.05) is 0 Å². The molecule has 106 valence electrons. The zero-order valence-electron chi connectivity index (χ0n) is 12.1. The van der Waals surface area contributed by atoms with E-state index in [2.05, 4.69) is 66.7 Å². The first kappa shape index (κ1) is 12.9. The molecule has 3 aromatic carbocycles. The van der Waals surface area contributed by atoms with Crippen LogP contribution in [0.1, 0.15) is 17.2 Å². The normalized spacial score (nSPS) is 15.9. The van der Waals surface area contributed by atoms with Crippen molar-refractivity contribution in [1.82, 2.24) is 0 Å². The summed E-state index contributed by atoms with van der Waals surface area (Å²) in [5.74, 6) is 0.946. The van der Waals surface area contributed by atoms with Crippen LogP contribution in [0.4, 0.5) is 0 Å². The lowest BCUT2D eigenvalue weighted by Gasteiger charge is -2.21. The average Bonchev–Trinajstić information content (AvgIpc) is 2.62. The van der Waals surface area contributed by atoms with Gasteiger partial charge in [-0.15, -0.1) is 0 Å². The lowest BCUT2D eigenvalue weighted by Crippen LogP contribution is -2.08. The highest BCUT2D eigenvalue weighted by molar-refractivity contribution is 5.64. The maximum atomic E-state index is 6.08. The van der Waals surface area contributed by atoms with Crippen molar-refractivity contribution in [2.24, 2.45) is 0 Å². The molecule has 1 aliphatic rings. The van der Waals surface area contributed by atoms with E-state index in [9.17, 15) is 0 Å². The first-order chi connectivity index (χ1) is 10.9. The molecule has 4 rings (SSSR count). The molecule has 22 heavy (non-hydrogen) atoms. The van der Waals surface area contributed by atoms with Crippen LogP contribution in [0, 0.1) is 0 Å². The summed E-state index contributed by atoms with van der Waals surface area (Å²) in [5.41, 5.74) is 4.77. The Morgan fingerprint density at radius 3 is 2.14 bits per heavy atom. The van der Waals surface area contributed by atoms with Gasteiger partial charge in [0.2, 0.25) is 0 Å². The van der Waals surface area contributed by atoms with E-state index in [1.54, 1.807) is 0 Å². The number of fused-ring (bicyclic) bond motifs is 1. The third-order valence-electron chi connectivity index (χ3n) is 3.97. The van der Waals surface area contributed by atoms with Crippen molar-refractivity contribution >= 4 is 6.08 Å². The highest BCUT2D eigenvalue weighted by atomic mass is 16.5. The molecule has 0 N–H and O–H groups in total. The van der Waals surface area contributed by atoms with E-state index >= 15 is 0 Å². The maximum absolute atomic E-state index is 6.08. The molecule has 1 nitrogen and oxygen atoms in total. The molecular weight excluding hydrogens is 268 g/mol. The second-order valence-corrected chi connectivity index (χ2v) is 5.42. The Hall–Kier alpha value is -2.80. The van der Waals surface area contributed by atoms with Crippen LogP contribution in [0.5, 0.6) is 5.75 Å². The third kappa shape index (κ3) is 2.42. The van der Waals surface area contributed by atoms with Crippen LogP contribution in [0.2, 0.25) is 0 Å². The molecule has 0 amide bonds. The van der Waals surface area contributed by atoms with Crippen LogP contribution in [0.3, 0.4) is 0 Å². The van der Waals surface area contributed by atoms with Gasteiger partial charge in [0.25, 0.3) is 0 Å². The molecule has 0 saturated carbocycles. The monoisotopic (exact) mass is 284 g/mol. The third-order valence-corrected chi connectivity index (χ3v) is 3.97. The molecule has 1 aliphatic heterocycles. The second-order valence-electron chi connectivity index (χ2n) is 5.42. The van der Waals surface area contributed by atoms with Crippen LogP contribution < -0.4 is 4.74 Å². The zero-order valence-corrected chi connectivity index (χ0v) is 12.1. The van der Waals surface area contributed by atoms with E-state index in [0.717, 1.165) is 11.3 Å².